The van der Waals surface area contributed by atoms with E-state index < -0.39 is 0 Å². The Morgan fingerprint density at radius 2 is 1.33 bits per heavy atom. The first-order valence-electron chi connectivity index (χ1n) is 9.14. The average Bonchev–Trinajstić information content (AvgIpc) is 3.56. The molecule has 0 atom stereocenters. The zero-order chi connectivity index (χ0) is 18.5. The van der Waals surface area contributed by atoms with Crippen molar-refractivity contribution < 1.29 is 4.79 Å². The number of anilines is 3. The molecule has 0 saturated heterocycles. The van der Waals surface area contributed by atoms with Crippen LogP contribution in [0.5, 0.6) is 0 Å². The van der Waals surface area contributed by atoms with Crippen LogP contribution in [0.3, 0.4) is 0 Å². The number of nitrogens with zero attached hydrogens (tertiary/aromatic N) is 2. The van der Waals surface area contributed by atoms with E-state index in [1.807, 2.05) is 48.5 Å². The third kappa shape index (κ3) is 4.23. The molecule has 1 saturated carbocycles. The summed E-state index contributed by atoms with van der Waals surface area (Å²) in [4.78, 5) is 13.8. The number of hydrogen-bond donors (Lipinski definition) is 1. The highest BCUT2D eigenvalue weighted by Gasteiger charge is 2.29. The Bertz CT molecular complexity index is 877. The van der Waals surface area contributed by atoms with Gasteiger partial charge in [0.15, 0.2) is 0 Å². The molecule has 3 aromatic carbocycles. The van der Waals surface area contributed by atoms with Gasteiger partial charge in [-0.05, 0) is 54.8 Å². The molecule has 0 heterocycles. The summed E-state index contributed by atoms with van der Waals surface area (Å²) in [5.74, 6) is 0.178. The standard InChI is InChI=1S/C23H21N3O/c27-23(19-13-14-19)25-24-17-18-11-15-22(16-12-18)26(20-7-3-1-4-8-20)21-9-5-2-6-10-21/h1-12,15-17,19H,13-14H2,(H,25,27)/b24-17+. The Kier molecular flexibility index (Phi) is 4.97. The van der Waals surface area contributed by atoms with Gasteiger partial charge in [-0.15, -0.1) is 0 Å². The quantitative estimate of drug-likeness (QED) is 0.499. The lowest BCUT2D eigenvalue weighted by molar-refractivity contribution is -0.122. The van der Waals surface area contributed by atoms with Gasteiger partial charge in [-0.3, -0.25) is 4.79 Å². The fourth-order valence-corrected chi connectivity index (χ4v) is 2.92. The lowest BCUT2D eigenvalue weighted by atomic mass is 10.1. The molecule has 27 heavy (non-hydrogen) atoms. The monoisotopic (exact) mass is 355 g/mol. The lowest BCUT2D eigenvalue weighted by Gasteiger charge is -2.25. The van der Waals surface area contributed by atoms with Crippen molar-refractivity contribution >= 4 is 29.2 Å². The van der Waals surface area contributed by atoms with Gasteiger partial charge in [0.05, 0.1) is 6.21 Å². The first-order chi connectivity index (χ1) is 13.3. The van der Waals surface area contributed by atoms with Crippen LogP contribution in [0.2, 0.25) is 0 Å². The molecule has 1 N–H and O–H groups in total. The van der Waals surface area contributed by atoms with Crippen LogP contribution in [0.1, 0.15) is 18.4 Å². The highest BCUT2D eigenvalue weighted by atomic mass is 16.2. The Morgan fingerprint density at radius 1 is 0.815 bits per heavy atom. The van der Waals surface area contributed by atoms with Crippen molar-refractivity contribution in [3.8, 4) is 0 Å². The molecule has 1 aliphatic carbocycles. The molecule has 134 valence electrons. The molecule has 4 rings (SSSR count). The van der Waals surface area contributed by atoms with Crippen molar-refractivity contribution in [3.63, 3.8) is 0 Å². The largest absolute Gasteiger partial charge is 0.311 e. The smallest absolute Gasteiger partial charge is 0.243 e. The molecule has 0 bridgehead atoms. The number of carbonyl (C=O) groups excluding carboxylic acids is 1. The molecule has 0 spiro atoms. The summed E-state index contributed by atoms with van der Waals surface area (Å²) < 4.78 is 0. The molecular formula is C23H21N3O. The molecule has 0 radical (unpaired) electrons. The van der Waals surface area contributed by atoms with E-state index in [2.05, 4.69) is 51.8 Å². The maximum absolute atomic E-state index is 11.6. The van der Waals surface area contributed by atoms with Crippen molar-refractivity contribution in [3.05, 3.63) is 90.5 Å². The van der Waals surface area contributed by atoms with Crippen molar-refractivity contribution in [2.45, 2.75) is 12.8 Å². The van der Waals surface area contributed by atoms with Crippen LogP contribution in [0.4, 0.5) is 17.1 Å². The molecule has 3 aromatic rings. The zero-order valence-corrected chi connectivity index (χ0v) is 15.0. The molecule has 1 fully saturated rings. The second-order valence-electron chi connectivity index (χ2n) is 6.61. The summed E-state index contributed by atoms with van der Waals surface area (Å²) in [6.45, 7) is 0. The van der Waals surface area contributed by atoms with E-state index in [9.17, 15) is 4.79 Å². The third-order valence-corrected chi connectivity index (χ3v) is 4.52. The van der Waals surface area contributed by atoms with Gasteiger partial charge in [0.1, 0.15) is 0 Å². The topological polar surface area (TPSA) is 44.7 Å². The Hall–Kier alpha value is -3.40. The summed E-state index contributed by atoms with van der Waals surface area (Å²) in [6, 6.07) is 28.7. The van der Waals surface area contributed by atoms with Gasteiger partial charge in [0.2, 0.25) is 5.91 Å². The van der Waals surface area contributed by atoms with Crippen LogP contribution >= 0.6 is 0 Å². The number of hydrogen-bond acceptors (Lipinski definition) is 3. The second-order valence-corrected chi connectivity index (χ2v) is 6.61. The van der Waals surface area contributed by atoms with Gasteiger partial charge < -0.3 is 4.90 Å². The number of para-hydroxylation sites is 2. The van der Waals surface area contributed by atoms with Crippen molar-refractivity contribution in [2.24, 2.45) is 11.0 Å². The summed E-state index contributed by atoms with van der Waals surface area (Å²) in [5, 5.41) is 4.06. The molecular weight excluding hydrogens is 334 g/mol. The van der Waals surface area contributed by atoms with E-state index in [1.165, 1.54) is 0 Å². The van der Waals surface area contributed by atoms with E-state index in [4.69, 9.17) is 0 Å². The predicted molar refractivity (Wildman–Crippen MR) is 110 cm³/mol. The summed E-state index contributed by atoms with van der Waals surface area (Å²) >= 11 is 0. The van der Waals surface area contributed by atoms with Crippen LogP contribution in [0.15, 0.2) is 90.0 Å². The van der Waals surface area contributed by atoms with Crippen molar-refractivity contribution in [1.29, 1.82) is 0 Å². The molecule has 0 unspecified atom stereocenters. The van der Waals surface area contributed by atoms with E-state index in [1.54, 1.807) is 6.21 Å². The number of nitrogens with one attached hydrogen (secondary N) is 1. The van der Waals surface area contributed by atoms with Crippen LogP contribution in [-0.2, 0) is 4.79 Å². The van der Waals surface area contributed by atoms with E-state index in [-0.39, 0.29) is 11.8 Å². The van der Waals surface area contributed by atoms with Crippen LogP contribution in [-0.4, -0.2) is 12.1 Å². The highest BCUT2D eigenvalue weighted by molar-refractivity contribution is 5.85. The van der Waals surface area contributed by atoms with Crippen molar-refractivity contribution in [1.82, 2.24) is 5.43 Å². The van der Waals surface area contributed by atoms with Crippen molar-refractivity contribution in [2.75, 3.05) is 4.90 Å². The number of rotatable bonds is 6. The van der Waals surface area contributed by atoms with Gasteiger partial charge in [0, 0.05) is 23.0 Å². The first kappa shape index (κ1) is 17.0. The fourth-order valence-electron chi connectivity index (χ4n) is 2.92. The van der Waals surface area contributed by atoms with Gasteiger partial charge in [-0.2, -0.15) is 5.10 Å². The maximum Gasteiger partial charge on any atom is 0.243 e. The molecule has 1 aliphatic rings. The van der Waals surface area contributed by atoms with Gasteiger partial charge >= 0.3 is 0 Å². The predicted octanol–water partition coefficient (Wildman–Crippen LogP) is 5.02. The number of carbonyl (C=O) groups is 1. The van der Waals surface area contributed by atoms with E-state index in [0.29, 0.717) is 0 Å². The molecule has 0 aromatic heterocycles. The normalized spacial score (nSPS) is 13.5. The molecule has 4 nitrogen and oxygen atoms in total. The average molecular weight is 355 g/mol. The van der Waals surface area contributed by atoms with Crippen LogP contribution < -0.4 is 10.3 Å². The van der Waals surface area contributed by atoms with Gasteiger partial charge in [-0.25, -0.2) is 5.43 Å². The minimum absolute atomic E-state index is 0.0159. The minimum Gasteiger partial charge on any atom is -0.311 e. The fraction of sp³-hybridized carbons (Fsp3) is 0.130. The summed E-state index contributed by atoms with van der Waals surface area (Å²) in [7, 11) is 0. The third-order valence-electron chi connectivity index (χ3n) is 4.52. The number of benzene rings is 3. The van der Waals surface area contributed by atoms with E-state index >= 15 is 0 Å². The Labute approximate surface area is 159 Å². The Balaban J connectivity index is 1.55. The SMILES string of the molecule is O=C(N/N=C/c1ccc(N(c2ccccc2)c2ccccc2)cc1)C1CC1. The highest BCUT2D eigenvalue weighted by Crippen LogP contribution is 2.33. The van der Waals surface area contributed by atoms with Crippen LogP contribution in [0.25, 0.3) is 0 Å². The van der Waals surface area contributed by atoms with E-state index in [0.717, 1.165) is 35.5 Å². The molecule has 0 aliphatic heterocycles. The summed E-state index contributed by atoms with van der Waals surface area (Å²) in [6.07, 6.45) is 3.63. The minimum atomic E-state index is 0.0159. The number of hydrazone groups is 1. The first-order valence-corrected chi connectivity index (χ1v) is 9.14. The number of amides is 1. The van der Waals surface area contributed by atoms with Gasteiger partial charge in [0.25, 0.3) is 0 Å². The van der Waals surface area contributed by atoms with Gasteiger partial charge in [-0.1, -0.05) is 48.5 Å². The summed E-state index contributed by atoms with van der Waals surface area (Å²) in [5.41, 5.74) is 6.80. The molecule has 4 heteroatoms. The van der Waals surface area contributed by atoms with Crippen LogP contribution in [0, 0.1) is 5.92 Å². The molecule has 1 amide bonds. The maximum atomic E-state index is 11.6. The zero-order valence-electron chi connectivity index (χ0n) is 15.0. The second kappa shape index (κ2) is 7.87. The lowest BCUT2D eigenvalue weighted by Crippen LogP contribution is -2.18. The Morgan fingerprint density at radius 3 is 1.85 bits per heavy atom.